The second-order valence-electron chi connectivity index (χ2n) is 5.29. The minimum atomic E-state index is -0.0994. The van der Waals surface area contributed by atoms with Crippen molar-refractivity contribution in [2.75, 3.05) is 0 Å². The molecule has 2 rings (SSSR count). The van der Waals surface area contributed by atoms with Crippen LogP contribution in [0.4, 0.5) is 0 Å². The van der Waals surface area contributed by atoms with Gasteiger partial charge in [0.15, 0.2) is 0 Å². The maximum atomic E-state index is 6.28. The Kier molecular flexibility index (Phi) is 3.13. The summed E-state index contributed by atoms with van der Waals surface area (Å²) >= 11 is 12.3. The molecule has 0 aliphatic rings. The van der Waals surface area contributed by atoms with Crippen LogP contribution in [0.1, 0.15) is 44.5 Å². The SMILES string of the molecule is CC(Cl)c1c(C(C)(C)C)nc2ccc(Cl)cn12. The van der Waals surface area contributed by atoms with Crippen molar-refractivity contribution in [2.45, 2.75) is 38.5 Å². The van der Waals surface area contributed by atoms with E-state index in [9.17, 15) is 0 Å². The summed E-state index contributed by atoms with van der Waals surface area (Å²) in [6.07, 6.45) is 1.87. The zero-order chi connectivity index (χ0) is 12.8. The van der Waals surface area contributed by atoms with Gasteiger partial charge in [-0.1, -0.05) is 32.4 Å². The number of imidazole rings is 1. The van der Waals surface area contributed by atoms with Gasteiger partial charge in [0.1, 0.15) is 5.65 Å². The van der Waals surface area contributed by atoms with Crippen LogP contribution < -0.4 is 0 Å². The second kappa shape index (κ2) is 4.18. The minimum absolute atomic E-state index is 0.0308. The first-order valence-electron chi connectivity index (χ1n) is 5.63. The molecule has 2 aromatic rings. The van der Waals surface area contributed by atoms with Gasteiger partial charge in [0.25, 0.3) is 0 Å². The van der Waals surface area contributed by atoms with Crippen LogP contribution in [0.3, 0.4) is 0 Å². The van der Waals surface area contributed by atoms with Crippen molar-refractivity contribution in [3.05, 3.63) is 34.7 Å². The number of alkyl halides is 1. The van der Waals surface area contributed by atoms with Crippen LogP contribution in [0, 0.1) is 0 Å². The third kappa shape index (κ3) is 2.29. The van der Waals surface area contributed by atoms with E-state index in [0.29, 0.717) is 5.02 Å². The molecule has 0 bridgehead atoms. The highest BCUT2D eigenvalue weighted by atomic mass is 35.5. The summed E-state index contributed by atoms with van der Waals surface area (Å²) in [6, 6.07) is 3.76. The van der Waals surface area contributed by atoms with E-state index in [4.69, 9.17) is 23.2 Å². The van der Waals surface area contributed by atoms with Gasteiger partial charge in [-0.25, -0.2) is 4.98 Å². The maximum Gasteiger partial charge on any atom is 0.137 e. The molecule has 0 N–H and O–H groups in total. The second-order valence-corrected chi connectivity index (χ2v) is 6.38. The molecule has 0 fully saturated rings. The number of hydrogen-bond donors (Lipinski definition) is 0. The van der Waals surface area contributed by atoms with E-state index in [1.165, 1.54) is 0 Å². The van der Waals surface area contributed by atoms with Crippen LogP contribution in [0.15, 0.2) is 18.3 Å². The quantitative estimate of drug-likeness (QED) is 0.694. The number of pyridine rings is 1. The van der Waals surface area contributed by atoms with Crippen LogP contribution in [0.2, 0.25) is 5.02 Å². The molecule has 2 nitrogen and oxygen atoms in total. The van der Waals surface area contributed by atoms with Gasteiger partial charge in [-0.2, -0.15) is 0 Å². The van der Waals surface area contributed by atoms with E-state index in [1.807, 2.05) is 29.7 Å². The van der Waals surface area contributed by atoms with E-state index in [0.717, 1.165) is 17.0 Å². The van der Waals surface area contributed by atoms with Crippen molar-refractivity contribution >= 4 is 28.8 Å². The number of rotatable bonds is 1. The zero-order valence-corrected chi connectivity index (χ0v) is 12.0. The van der Waals surface area contributed by atoms with Crippen LogP contribution in [0.25, 0.3) is 5.65 Å². The Labute approximate surface area is 112 Å². The standard InChI is InChI=1S/C13H16Cl2N2/c1-8(14)11-12(13(2,3)4)16-10-6-5-9(15)7-17(10)11/h5-8H,1-4H3. The van der Waals surface area contributed by atoms with Crippen LogP contribution in [0.5, 0.6) is 0 Å². The fourth-order valence-corrected chi connectivity index (χ4v) is 2.34. The Morgan fingerprint density at radius 1 is 1.29 bits per heavy atom. The van der Waals surface area contributed by atoms with Gasteiger partial charge in [0.05, 0.1) is 21.8 Å². The zero-order valence-electron chi connectivity index (χ0n) is 10.5. The van der Waals surface area contributed by atoms with Gasteiger partial charge < -0.3 is 4.40 Å². The molecule has 0 amide bonds. The van der Waals surface area contributed by atoms with Crippen molar-refractivity contribution < 1.29 is 0 Å². The molecule has 2 heterocycles. The molecule has 0 aromatic carbocycles. The number of fused-ring (bicyclic) bond motifs is 1. The average Bonchev–Trinajstić information content (AvgIpc) is 2.55. The molecule has 1 atom stereocenters. The molecule has 4 heteroatoms. The molecule has 1 unspecified atom stereocenters. The van der Waals surface area contributed by atoms with E-state index in [1.54, 1.807) is 0 Å². The lowest BCUT2D eigenvalue weighted by molar-refractivity contribution is 0.564. The lowest BCUT2D eigenvalue weighted by atomic mass is 9.90. The summed E-state index contributed by atoms with van der Waals surface area (Å²) in [5.74, 6) is 0. The van der Waals surface area contributed by atoms with Crippen molar-refractivity contribution in [2.24, 2.45) is 0 Å². The first kappa shape index (κ1) is 12.7. The van der Waals surface area contributed by atoms with Crippen molar-refractivity contribution in [3.8, 4) is 0 Å². The molecule has 0 radical (unpaired) electrons. The topological polar surface area (TPSA) is 17.3 Å². The summed E-state index contributed by atoms with van der Waals surface area (Å²) < 4.78 is 1.99. The summed E-state index contributed by atoms with van der Waals surface area (Å²) in [7, 11) is 0. The van der Waals surface area contributed by atoms with Gasteiger partial charge in [-0.15, -0.1) is 11.6 Å². The van der Waals surface area contributed by atoms with Gasteiger partial charge in [0.2, 0.25) is 0 Å². The Hall–Kier alpha value is -0.730. The van der Waals surface area contributed by atoms with Crippen molar-refractivity contribution in [3.63, 3.8) is 0 Å². The fourth-order valence-electron chi connectivity index (χ4n) is 1.97. The first-order chi connectivity index (χ1) is 7.80. The molecule has 2 aromatic heterocycles. The molecular weight excluding hydrogens is 255 g/mol. The molecular formula is C13H16Cl2N2. The smallest absolute Gasteiger partial charge is 0.137 e. The number of halogens is 2. The van der Waals surface area contributed by atoms with Gasteiger partial charge in [-0.3, -0.25) is 0 Å². The highest BCUT2D eigenvalue weighted by Gasteiger charge is 2.25. The summed E-state index contributed by atoms with van der Waals surface area (Å²) in [6.45, 7) is 8.37. The molecule has 0 saturated heterocycles. The highest BCUT2D eigenvalue weighted by Crippen LogP contribution is 2.33. The molecule has 0 saturated carbocycles. The lowest BCUT2D eigenvalue weighted by Gasteiger charge is -2.18. The predicted molar refractivity (Wildman–Crippen MR) is 73.2 cm³/mol. The van der Waals surface area contributed by atoms with Crippen molar-refractivity contribution in [1.29, 1.82) is 0 Å². The van der Waals surface area contributed by atoms with Crippen LogP contribution >= 0.6 is 23.2 Å². The van der Waals surface area contributed by atoms with E-state index < -0.39 is 0 Å². The Balaban J connectivity index is 2.81. The lowest BCUT2D eigenvalue weighted by Crippen LogP contribution is -2.15. The normalized spacial score (nSPS) is 14.2. The number of aromatic nitrogens is 2. The Morgan fingerprint density at radius 2 is 1.94 bits per heavy atom. The van der Waals surface area contributed by atoms with Crippen molar-refractivity contribution in [1.82, 2.24) is 9.38 Å². The highest BCUT2D eigenvalue weighted by molar-refractivity contribution is 6.30. The third-order valence-electron chi connectivity index (χ3n) is 2.71. The predicted octanol–water partition coefficient (Wildman–Crippen LogP) is 4.59. The molecule has 92 valence electrons. The molecule has 0 aliphatic heterocycles. The van der Waals surface area contributed by atoms with Crippen LogP contribution in [-0.4, -0.2) is 9.38 Å². The molecule has 0 spiro atoms. The molecule has 17 heavy (non-hydrogen) atoms. The number of nitrogens with zero attached hydrogens (tertiary/aromatic N) is 2. The third-order valence-corrected chi connectivity index (χ3v) is 3.14. The number of hydrogen-bond acceptors (Lipinski definition) is 1. The van der Waals surface area contributed by atoms with Gasteiger partial charge in [-0.05, 0) is 19.1 Å². The Bertz CT molecular complexity index is 550. The summed E-state index contributed by atoms with van der Waals surface area (Å²) in [4.78, 5) is 4.67. The Morgan fingerprint density at radius 3 is 2.47 bits per heavy atom. The van der Waals surface area contributed by atoms with Crippen LogP contribution in [-0.2, 0) is 5.41 Å². The van der Waals surface area contributed by atoms with E-state index in [2.05, 4.69) is 25.8 Å². The maximum absolute atomic E-state index is 6.28. The largest absolute Gasteiger partial charge is 0.301 e. The van der Waals surface area contributed by atoms with Gasteiger partial charge in [0, 0.05) is 11.6 Å². The van der Waals surface area contributed by atoms with Gasteiger partial charge >= 0.3 is 0 Å². The van der Waals surface area contributed by atoms with E-state index in [-0.39, 0.29) is 10.8 Å². The summed E-state index contributed by atoms with van der Waals surface area (Å²) in [5, 5.41) is 0.589. The minimum Gasteiger partial charge on any atom is -0.301 e. The summed E-state index contributed by atoms with van der Waals surface area (Å²) in [5.41, 5.74) is 2.91. The van der Waals surface area contributed by atoms with E-state index >= 15 is 0 Å². The fraction of sp³-hybridized carbons (Fsp3) is 0.462. The average molecular weight is 271 g/mol. The first-order valence-corrected chi connectivity index (χ1v) is 6.44. The monoisotopic (exact) mass is 270 g/mol. The molecule has 0 aliphatic carbocycles.